The molecule has 2 rings (SSSR count). The van der Waals surface area contributed by atoms with Crippen LogP contribution in [-0.2, 0) is 4.74 Å². The van der Waals surface area contributed by atoms with Crippen LogP contribution in [0.2, 0.25) is 5.02 Å². The molecule has 1 N–H and O–H groups in total. The number of anilines is 1. The number of carbonyl (C=O) groups excluding carboxylic acids is 1. The van der Waals surface area contributed by atoms with E-state index < -0.39 is 0 Å². The van der Waals surface area contributed by atoms with Gasteiger partial charge >= 0.3 is 0 Å². The van der Waals surface area contributed by atoms with Gasteiger partial charge in [-0.25, -0.2) is 0 Å². The van der Waals surface area contributed by atoms with E-state index in [1.165, 1.54) is 0 Å². The van der Waals surface area contributed by atoms with Gasteiger partial charge in [-0.05, 0) is 49.7 Å². The highest BCUT2D eigenvalue weighted by Crippen LogP contribution is 2.25. The number of benzene rings is 2. The van der Waals surface area contributed by atoms with Crippen molar-refractivity contribution in [1.82, 2.24) is 0 Å². The molecular formula is C17H18ClNO3. The Morgan fingerprint density at radius 2 is 1.91 bits per heavy atom. The molecule has 2 aromatic rings. The molecule has 1 amide bonds. The van der Waals surface area contributed by atoms with Gasteiger partial charge in [-0.2, -0.15) is 0 Å². The maximum atomic E-state index is 12.2. The fraction of sp³-hybridized carbons (Fsp3) is 0.235. The molecule has 0 aliphatic rings. The summed E-state index contributed by atoms with van der Waals surface area (Å²) in [5, 5.41) is 3.35. The fourth-order valence-corrected chi connectivity index (χ4v) is 2.01. The van der Waals surface area contributed by atoms with Gasteiger partial charge in [0.2, 0.25) is 0 Å². The quantitative estimate of drug-likeness (QED) is 0.639. The van der Waals surface area contributed by atoms with E-state index >= 15 is 0 Å². The third-order valence-corrected chi connectivity index (χ3v) is 3.57. The van der Waals surface area contributed by atoms with Gasteiger partial charge < -0.3 is 14.8 Å². The summed E-state index contributed by atoms with van der Waals surface area (Å²) in [4.78, 5) is 12.2. The zero-order valence-electron chi connectivity index (χ0n) is 12.6. The third-order valence-electron chi connectivity index (χ3n) is 3.07. The van der Waals surface area contributed by atoms with Crippen LogP contribution in [0.15, 0.2) is 42.5 Å². The number of rotatable bonds is 6. The summed E-state index contributed by atoms with van der Waals surface area (Å²) in [5.74, 6) is 0.433. The Kier molecular flexibility index (Phi) is 5.81. The van der Waals surface area contributed by atoms with Crippen LogP contribution in [0.1, 0.15) is 22.8 Å². The molecule has 2 aromatic carbocycles. The molecule has 0 aliphatic heterocycles. The number of ether oxygens (including phenoxy) is 2. The maximum Gasteiger partial charge on any atom is 0.255 e. The first-order valence-electron chi connectivity index (χ1n) is 6.99. The van der Waals surface area contributed by atoms with Crippen LogP contribution in [-0.4, -0.2) is 19.3 Å². The van der Waals surface area contributed by atoms with Crippen molar-refractivity contribution in [2.75, 3.05) is 18.7 Å². The highest BCUT2D eigenvalue weighted by Gasteiger charge is 2.09. The minimum atomic E-state index is -0.219. The Morgan fingerprint density at radius 1 is 1.18 bits per heavy atom. The zero-order valence-corrected chi connectivity index (χ0v) is 13.3. The molecule has 0 heterocycles. The first-order valence-corrected chi connectivity index (χ1v) is 7.36. The summed E-state index contributed by atoms with van der Waals surface area (Å²) in [6.07, 6.45) is 0. The van der Waals surface area contributed by atoms with Gasteiger partial charge in [0.1, 0.15) is 5.75 Å². The number of amides is 1. The summed E-state index contributed by atoms with van der Waals surface area (Å²) < 4.78 is 10.5. The molecular weight excluding hydrogens is 302 g/mol. The molecule has 0 aromatic heterocycles. The molecule has 0 saturated carbocycles. The van der Waals surface area contributed by atoms with Crippen molar-refractivity contribution < 1.29 is 14.3 Å². The molecule has 0 bridgehead atoms. The average molecular weight is 320 g/mol. The molecule has 5 heteroatoms. The third kappa shape index (κ3) is 4.23. The molecule has 22 heavy (non-hydrogen) atoms. The second kappa shape index (κ2) is 7.82. The molecule has 0 fully saturated rings. The topological polar surface area (TPSA) is 47.6 Å². The molecule has 0 unspecified atom stereocenters. The van der Waals surface area contributed by atoms with Crippen LogP contribution >= 0.6 is 11.6 Å². The number of nitrogens with one attached hydrogen (secondary N) is 1. The lowest BCUT2D eigenvalue weighted by Gasteiger charge is -2.10. The predicted molar refractivity (Wildman–Crippen MR) is 87.7 cm³/mol. The van der Waals surface area contributed by atoms with Gasteiger partial charge in [0.15, 0.2) is 6.79 Å². The lowest BCUT2D eigenvalue weighted by Crippen LogP contribution is -2.12. The summed E-state index contributed by atoms with van der Waals surface area (Å²) in [5.41, 5.74) is 2.05. The van der Waals surface area contributed by atoms with Gasteiger partial charge in [0.05, 0.1) is 10.7 Å². The first kappa shape index (κ1) is 16.3. The fourth-order valence-electron chi connectivity index (χ4n) is 1.83. The van der Waals surface area contributed by atoms with Crippen molar-refractivity contribution in [1.29, 1.82) is 0 Å². The summed E-state index contributed by atoms with van der Waals surface area (Å²) in [6, 6.07) is 12.4. The molecule has 116 valence electrons. The second-order valence-corrected chi connectivity index (χ2v) is 5.05. The number of carbonyl (C=O) groups is 1. The minimum absolute atomic E-state index is 0.195. The first-order chi connectivity index (χ1) is 10.6. The molecule has 0 radical (unpaired) electrons. The SMILES string of the molecule is CCOCOc1ccc(C(=O)Nc2cccc(C)c2Cl)cc1. The minimum Gasteiger partial charge on any atom is -0.468 e. The van der Waals surface area contributed by atoms with E-state index in [1.807, 2.05) is 26.0 Å². The Balaban J connectivity index is 2.02. The van der Waals surface area contributed by atoms with Crippen molar-refractivity contribution in [2.24, 2.45) is 0 Å². The van der Waals surface area contributed by atoms with Crippen LogP contribution < -0.4 is 10.1 Å². The van der Waals surface area contributed by atoms with Gasteiger partial charge in [0.25, 0.3) is 5.91 Å². The van der Waals surface area contributed by atoms with E-state index in [-0.39, 0.29) is 12.7 Å². The molecule has 0 atom stereocenters. The Bertz CT molecular complexity index is 641. The van der Waals surface area contributed by atoms with Crippen LogP contribution in [0.5, 0.6) is 5.75 Å². The van der Waals surface area contributed by atoms with E-state index in [9.17, 15) is 4.79 Å². The highest BCUT2D eigenvalue weighted by molar-refractivity contribution is 6.34. The smallest absolute Gasteiger partial charge is 0.255 e. The van der Waals surface area contributed by atoms with Gasteiger partial charge in [0, 0.05) is 12.2 Å². The second-order valence-electron chi connectivity index (χ2n) is 4.67. The monoisotopic (exact) mass is 319 g/mol. The van der Waals surface area contributed by atoms with Crippen molar-refractivity contribution >= 4 is 23.2 Å². The highest BCUT2D eigenvalue weighted by atomic mass is 35.5. The normalized spacial score (nSPS) is 10.3. The molecule has 0 saturated heterocycles. The van der Waals surface area contributed by atoms with Crippen molar-refractivity contribution in [3.63, 3.8) is 0 Å². The number of aryl methyl sites for hydroxylation is 1. The number of hydrogen-bond acceptors (Lipinski definition) is 3. The van der Waals surface area contributed by atoms with Gasteiger partial charge in [-0.15, -0.1) is 0 Å². The van der Waals surface area contributed by atoms with E-state index in [2.05, 4.69) is 5.32 Å². The molecule has 0 aliphatic carbocycles. The van der Waals surface area contributed by atoms with E-state index in [4.69, 9.17) is 21.1 Å². The van der Waals surface area contributed by atoms with Gasteiger partial charge in [-0.1, -0.05) is 23.7 Å². The Morgan fingerprint density at radius 3 is 2.59 bits per heavy atom. The summed E-state index contributed by atoms with van der Waals surface area (Å²) >= 11 is 6.17. The van der Waals surface area contributed by atoms with Gasteiger partial charge in [-0.3, -0.25) is 4.79 Å². The van der Waals surface area contributed by atoms with E-state index in [0.717, 1.165) is 5.56 Å². The molecule has 0 spiro atoms. The Labute approximate surface area is 135 Å². The standard InChI is InChI=1S/C17H18ClNO3/c1-3-21-11-22-14-9-7-13(8-10-14)17(20)19-15-6-4-5-12(2)16(15)18/h4-10H,3,11H2,1-2H3,(H,19,20). The summed E-state index contributed by atoms with van der Waals surface area (Å²) in [7, 11) is 0. The lowest BCUT2D eigenvalue weighted by atomic mass is 10.2. The average Bonchev–Trinajstić information content (AvgIpc) is 2.53. The number of hydrogen-bond donors (Lipinski definition) is 1. The predicted octanol–water partition coefficient (Wildman–Crippen LogP) is 4.27. The lowest BCUT2D eigenvalue weighted by molar-refractivity contribution is 0.0224. The maximum absolute atomic E-state index is 12.2. The van der Waals surface area contributed by atoms with Crippen molar-refractivity contribution in [2.45, 2.75) is 13.8 Å². The van der Waals surface area contributed by atoms with Crippen LogP contribution in [0.4, 0.5) is 5.69 Å². The van der Waals surface area contributed by atoms with E-state index in [0.29, 0.717) is 28.6 Å². The van der Waals surface area contributed by atoms with Crippen LogP contribution in [0.25, 0.3) is 0 Å². The van der Waals surface area contributed by atoms with Crippen LogP contribution in [0, 0.1) is 6.92 Å². The van der Waals surface area contributed by atoms with Crippen molar-refractivity contribution in [3.05, 3.63) is 58.6 Å². The summed E-state index contributed by atoms with van der Waals surface area (Å²) in [6.45, 7) is 4.58. The van der Waals surface area contributed by atoms with E-state index in [1.54, 1.807) is 30.3 Å². The zero-order chi connectivity index (χ0) is 15.9. The van der Waals surface area contributed by atoms with Crippen LogP contribution in [0.3, 0.4) is 0 Å². The largest absolute Gasteiger partial charge is 0.468 e. The molecule has 4 nitrogen and oxygen atoms in total. The number of halogens is 1. The van der Waals surface area contributed by atoms with Crippen molar-refractivity contribution in [3.8, 4) is 5.75 Å². The Hall–Kier alpha value is -2.04.